The van der Waals surface area contributed by atoms with E-state index in [1.807, 2.05) is 11.0 Å². The highest BCUT2D eigenvalue weighted by atomic mass is 32.1. The molecule has 1 fully saturated rings. The Morgan fingerprint density at radius 1 is 1.16 bits per heavy atom. The first-order chi connectivity index (χ1) is 12.2. The van der Waals surface area contributed by atoms with Crippen LogP contribution in [0.15, 0.2) is 35.7 Å². The first-order valence-corrected chi connectivity index (χ1v) is 9.43. The van der Waals surface area contributed by atoms with E-state index in [4.69, 9.17) is 9.47 Å². The zero-order chi connectivity index (χ0) is 17.6. The number of urea groups is 1. The maximum absolute atomic E-state index is 13.0. The summed E-state index contributed by atoms with van der Waals surface area (Å²) in [5.74, 6) is 1.31. The lowest BCUT2D eigenvalue weighted by Crippen LogP contribution is -2.37. The molecule has 2 aromatic rings. The molecule has 3 rings (SSSR count). The number of benzene rings is 1. The van der Waals surface area contributed by atoms with Crippen molar-refractivity contribution in [3.05, 3.63) is 40.6 Å². The molecule has 5 nitrogen and oxygen atoms in total. The third kappa shape index (κ3) is 4.25. The smallest absolute Gasteiger partial charge is 0.322 e. The standard InChI is InChI=1S/C19H24N2O3S/c1-23-15-11-14(12-16(13-15)24-2)20-19(22)21-9-5-3-4-7-17(21)18-8-6-10-25-18/h6,8,10-13,17H,3-5,7,9H2,1-2H3,(H,20,22). The van der Waals surface area contributed by atoms with Gasteiger partial charge < -0.3 is 19.7 Å². The first kappa shape index (κ1) is 17.6. The van der Waals surface area contributed by atoms with Crippen molar-refractivity contribution in [1.82, 2.24) is 4.90 Å². The molecular weight excluding hydrogens is 336 g/mol. The van der Waals surface area contributed by atoms with Crippen molar-refractivity contribution in [2.75, 3.05) is 26.1 Å². The van der Waals surface area contributed by atoms with Crippen molar-refractivity contribution in [2.45, 2.75) is 31.7 Å². The van der Waals surface area contributed by atoms with Gasteiger partial charge in [0.15, 0.2) is 0 Å². The fraction of sp³-hybridized carbons (Fsp3) is 0.421. The van der Waals surface area contributed by atoms with E-state index in [1.165, 1.54) is 11.3 Å². The molecule has 1 atom stereocenters. The number of thiophene rings is 1. The highest BCUT2D eigenvalue weighted by Crippen LogP contribution is 2.33. The lowest BCUT2D eigenvalue weighted by atomic mass is 10.1. The van der Waals surface area contributed by atoms with Crippen LogP contribution in [0.3, 0.4) is 0 Å². The molecule has 6 heteroatoms. The molecule has 1 unspecified atom stereocenters. The molecular formula is C19H24N2O3S. The highest BCUT2D eigenvalue weighted by molar-refractivity contribution is 7.10. The molecule has 0 spiro atoms. The molecule has 2 amide bonds. The van der Waals surface area contributed by atoms with Crippen LogP contribution < -0.4 is 14.8 Å². The molecule has 2 heterocycles. The Bertz CT molecular complexity index is 680. The third-order valence-corrected chi connectivity index (χ3v) is 5.46. The Hall–Kier alpha value is -2.21. The van der Waals surface area contributed by atoms with Crippen LogP contribution in [-0.2, 0) is 0 Å². The van der Waals surface area contributed by atoms with Crippen LogP contribution in [0.5, 0.6) is 11.5 Å². The number of methoxy groups -OCH3 is 2. The number of nitrogens with one attached hydrogen (secondary N) is 1. The summed E-state index contributed by atoms with van der Waals surface area (Å²) in [5.41, 5.74) is 0.676. The number of carbonyl (C=O) groups is 1. The van der Waals surface area contributed by atoms with E-state index in [-0.39, 0.29) is 12.1 Å². The zero-order valence-electron chi connectivity index (χ0n) is 14.7. The van der Waals surface area contributed by atoms with Crippen LogP contribution in [0, 0.1) is 0 Å². The largest absolute Gasteiger partial charge is 0.497 e. The summed E-state index contributed by atoms with van der Waals surface area (Å²) in [6.45, 7) is 0.773. The number of likely N-dealkylation sites (tertiary alicyclic amines) is 1. The summed E-state index contributed by atoms with van der Waals surface area (Å²) in [6.07, 6.45) is 4.37. The first-order valence-electron chi connectivity index (χ1n) is 8.55. The van der Waals surface area contributed by atoms with E-state index < -0.39 is 0 Å². The topological polar surface area (TPSA) is 50.8 Å². The number of hydrogen-bond acceptors (Lipinski definition) is 4. The summed E-state index contributed by atoms with van der Waals surface area (Å²) in [6, 6.07) is 9.64. The van der Waals surface area contributed by atoms with Crippen molar-refractivity contribution in [2.24, 2.45) is 0 Å². The lowest BCUT2D eigenvalue weighted by molar-refractivity contribution is 0.190. The van der Waals surface area contributed by atoms with Gasteiger partial charge in [-0.3, -0.25) is 0 Å². The minimum atomic E-state index is -0.0735. The third-order valence-electron chi connectivity index (χ3n) is 4.49. The van der Waals surface area contributed by atoms with E-state index in [0.717, 1.165) is 25.8 Å². The molecule has 1 N–H and O–H groups in total. The summed E-state index contributed by atoms with van der Waals surface area (Å²) in [5, 5.41) is 5.09. The SMILES string of the molecule is COc1cc(NC(=O)N2CCCCCC2c2cccs2)cc(OC)c1. The molecule has 1 saturated heterocycles. The Morgan fingerprint density at radius 3 is 2.56 bits per heavy atom. The summed E-state index contributed by atoms with van der Waals surface area (Å²) in [4.78, 5) is 16.2. The van der Waals surface area contributed by atoms with Crippen molar-refractivity contribution in [3.8, 4) is 11.5 Å². The average Bonchev–Trinajstić information content (AvgIpc) is 3.05. The zero-order valence-corrected chi connectivity index (χ0v) is 15.5. The Balaban J connectivity index is 1.80. The molecule has 0 saturated carbocycles. The summed E-state index contributed by atoms with van der Waals surface area (Å²) in [7, 11) is 3.20. The maximum Gasteiger partial charge on any atom is 0.322 e. The molecule has 134 valence electrons. The van der Waals surface area contributed by atoms with E-state index in [0.29, 0.717) is 17.2 Å². The van der Waals surface area contributed by atoms with Crippen LogP contribution in [0.1, 0.15) is 36.6 Å². The number of rotatable bonds is 4. The van der Waals surface area contributed by atoms with Gasteiger partial charge in [-0.05, 0) is 24.3 Å². The van der Waals surface area contributed by atoms with E-state index >= 15 is 0 Å². The minimum absolute atomic E-state index is 0.0735. The Kier molecular flexibility index (Phi) is 5.81. The van der Waals surface area contributed by atoms with E-state index in [2.05, 4.69) is 16.8 Å². The Labute approximate surface area is 152 Å². The monoisotopic (exact) mass is 360 g/mol. The molecule has 0 bridgehead atoms. The number of amides is 2. The van der Waals surface area contributed by atoms with Crippen molar-refractivity contribution in [3.63, 3.8) is 0 Å². The van der Waals surface area contributed by atoms with Crippen molar-refractivity contribution < 1.29 is 14.3 Å². The van der Waals surface area contributed by atoms with Gasteiger partial charge in [-0.1, -0.05) is 18.9 Å². The molecule has 1 aliphatic rings. The fourth-order valence-corrected chi connectivity index (χ4v) is 4.08. The lowest BCUT2D eigenvalue weighted by Gasteiger charge is -2.29. The number of carbonyl (C=O) groups excluding carboxylic acids is 1. The van der Waals surface area contributed by atoms with Gasteiger partial charge in [0.2, 0.25) is 0 Å². The number of hydrogen-bond donors (Lipinski definition) is 1. The molecule has 25 heavy (non-hydrogen) atoms. The molecule has 0 radical (unpaired) electrons. The van der Waals surface area contributed by atoms with Crippen LogP contribution in [0.2, 0.25) is 0 Å². The average molecular weight is 360 g/mol. The quantitative estimate of drug-likeness (QED) is 0.842. The molecule has 1 aliphatic heterocycles. The second-order valence-electron chi connectivity index (χ2n) is 6.11. The molecule has 1 aromatic carbocycles. The van der Waals surface area contributed by atoms with Crippen molar-refractivity contribution in [1.29, 1.82) is 0 Å². The number of ether oxygens (including phenoxy) is 2. The number of nitrogens with zero attached hydrogens (tertiary/aromatic N) is 1. The van der Waals surface area contributed by atoms with Gasteiger partial charge in [0.25, 0.3) is 0 Å². The number of anilines is 1. The predicted molar refractivity (Wildman–Crippen MR) is 101 cm³/mol. The van der Waals surface area contributed by atoms with E-state index in [1.54, 1.807) is 43.8 Å². The predicted octanol–water partition coefficient (Wildman–Crippen LogP) is 4.91. The van der Waals surface area contributed by atoms with Gasteiger partial charge in [0.1, 0.15) is 11.5 Å². The van der Waals surface area contributed by atoms with Gasteiger partial charge in [-0.25, -0.2) is 4.79 Å². The van der Waals surface area contributed by atoms with Gasteiger partial charge in [0, 0.05) is 35.3 Å². The van der Waals surface area contributed by atoms with Crippen LogP contribution >= 0.6 is 11.3 Å². The maximum atomic E-state index is 13.0. The Morgan fingerprint density at radius 2 is 1.92 bits per heavy atom. The fourth-order valence-electron chi connectivity index (χ4n) is 3.20. The minimum Gasteiger partial charge on any atom is -0.497 e. The summed E-state index contributed by atoms with van der Waals surface area (Å²) < 4.78 is 10.6. The summed E-state index contributed by atoms with van der Waals surface area (Å²) >= 11 is 1.72. The van der Waals surface area contributed by atoms with Crippen LogP contribution in [-0.4, -0.2) is 31.7 Å². The van der Waals surface area contributed by atoms with Gasteiger partial charge in [0.05, 0.1) is 20.3 Å². The van der Waals surface area contributed by atoms with Gasteiger partial charge in [-0.2, -0.15) is 0 Å². The molecule has 1 aromatic heterocycles. The normalized spacial score (nSPS) is 17.7. The second-order valence-corrected chi connectivity index (χ2v) is 7.08. The second kappa shape index (κ2) is 8.25. The van der Waals surface area contributed by atoms with Gasteiger partial charge >= 0.3 is 6.03 Å². The van der Waals surface area contributed by atoms with Gasteiger partial charge in [-0.15, -0.1) is 11.3 Å². The molecule has 0 aliphatic carbocycles. The van der Waals surface area contributed by atoms with Crippen LogP contribution in [0.25, 0.3) is 0 Å². The van der Waals surface area contributed by atoms with E-state index in [9.17, 15) is 4.79 Å². The highest BCUT2D eigenvalue weighted by Gasteiger charge is 2.27. The van der Waals surface area contributed by atoms with Crippen molar-refractivity contribution >= 4 is 23.1 Å². The van der Waals surface area contributed by atoms with Crippen LogP contribution in [0.4, 0.5) is 10.5 Å².